The summed E-state index contributed by atoms with van der Waals surface area (Å²) in [5.74, 6) is 2.22. The first kappa shape index (κ1) is 19.1. The molecule has 2 heterocycles. The van der Waals surface area contributed by atoms with Gasteiger partial charge in [-0.1, -0.05) is 29.3 Å². The molecule has 0 radical (unpaired) electrons. The van der Waals surface area contributed by atoms with Crippen molar-refractivity contribution in [2.45, 2.75) is 25.7 Å². The van der Waals surface area contributed by atoms with Crippen LogP contribution in [0.15, 0.2) is 42.5 Å². The van der Waals surface area contributed by atoms with Gasteiger partial charge in [0, 0.05) is 33.8 Å². The molecule has 0 amide bonds. The maximum atomic E-state index is 6.23. The molecule has 1 unspecified atom stereocenters. The second-order valence-electron chi connectivity index (χ2n) is 6.98. The number of anilines is 2. The topological polar surface area (TPSA) is 62.7 Å². The summed E-state index contributed by atoms with van der Waals surface area (Å²) in [7, 11) is 0. The Bertz CT molecular complexity index is 969. The molecule has 1 aliphatic rings. The van der Waals surface area contributed by atoms with Crippen molar-refractivity contribution >= 4 is 34.8 Å². The number of nitrogens with one attached hydrogen (secondary N) is 2. The van der Waals surface area contributed by atoms with E-state index in [2.05, 4.69) is 15.6 Å². The first-order valence-electron chi connectivity index (χ1n) is 9.34. The highest BCUT2D eigenvalue weighted by atomic mass is 35.5. The van der Waals surface area contributed by atoms with Crippen LogP contribution < -0.4 is 10.6 Å². The van der Waals surface area contributed by atoms with Gasteiger partial charge in [0.25, 0.3) is 0 Å². The lowest BCUT2D eigenvalue weighted by Crippen LogP contribution is -2.29. The van der Waals surface area contributed by atoms with Gasteiger partial charge in [-0.25, -0.2) is 4.98 Å². The average Bonchev–Trinajstić information content (AvgIpc) is 2.72. The van der Waals surface area contributed by atoms with Gasteiger partial charge in [-0.05, 0) is 68.3 Å². The van der Waals surface area contributed by atoms with E-state index < -0.39 is 0 Å². The molecule has 1 aliphatic heterocycles. The molecule has 0 bridgehead atoms. The van der Waals surface area contributed by atoms with Gasteiger partial charge in [-0.15, -0.1) is 0 Å². The first-order chi connectivity index (χ1) is 13.6. The molecule has 3 aromatic rings. The molecule has 1 atom stereocenters. The largest absolute Gasteiger partial charge is 0.324 e. The van der Waals surface area contributed by atoms with Gasteiger partial charge in [-0.3, -0.25) is 0 Å². The summed E-state index contributed by atoms with van der Waals surface area (Å²) in [6.45, 7) is 3.94. The Hall–Kier alpha value is -2.21. The maximum Gasteiger partial charge on any atom is 0.231 e. The number of hydrogen-bond donors (Lipinski definition) is 2. The summed E-state index contributed by atoms with van der Waals surface area (Å²) in [6.07, 6.45) is 2.17. The van der Waals surface area contributed by atoms with Crippen molar-refractivity contribution in [1.29, 1.82) is 0 Å². The van der Waals surface area contributed by atoms with Crippen LogP contribution in [0.2, 0.25) is 10.0 Å². The number of aromatic nitrogens is 3. The molecule has 1 saturated heterocycles. The highest BCUT2D eigenvalue weighted by Gasteiger charge is 2.21. The molecule has 1 fully saturated rings. The lowest BCUT2D eigenvalue weighted by molar-refractivity contribution is 0.446. The zero-order valence-electron chi connectivity index (χ0n) is 15.5. The fourth-order valence-corrected chi connectivity index (χ4v) is 3.62. The molecule has 28 heavy (non-hydrogen) atoms. The summed E-state index contributed by atoms with van der Waals surface area (Å²) in [5, 5.41) is 8.06. The summed E-state index contributed by atoms with van der Waals surface area (Å²) < 4.78 is 0. The Morgan fingerprint density at radius 1 is 1.00 bits per heavy atom. The molecule has 1 aromatic heterocycles. The van der Waals surface area contributed by atoms with E-state index in [1.54, 1.807) is 0 Å². The van der Waals surface area contributed by atoms with Crippen molar-refractivity contribution in [3.8, 4) is 11.4 Å². The van der Waals surface area contributed by atoms with E-state index in [1.807, 2.05) is 49.4 Å². The standard InChI is InChI=1S/C21H21Cl2N5/c1-13-4-5-16(23)11-18(13)20-26-19(14-3-2-10-24-12-14)27-21(28-20)25-17-8-6-15(22)7-9-17/h4-9,11,14,24H,2-3,10,12H2,1H3,(H,25,26,27,28). The molecule has 2 aromatic carbocycles. The highest BCUT2D eigenvalue weighted by Crippen LogP contribution is 2.28. The Morgan fingerprint density at radius 3 is 2.54 bits per heavy atom. The monoisotopic (exact) mass is 413 g/mol. The van der Waals surface area contributed by atoms with Gasteiger partial charge in [0.2, 0.25) is 5.95 Å². The summed E-state index contributed by atoms with van der Waals surface area (Å²) in [6, 6.07) is 13.2. The molecular weight excluding hydrogens is 393 g/mol. The Labute approximate surface area is 174 Å². The van der Waals surface area contributed by atoms with Crippen LogP contribution in [0.1, 0.15) is 30.1 Å². The average molecular weight is 414 g/mol. The van der Waals surface area contributed by atoms with Crippen LogP contribution in [0.5, 0.6) is 0 Å². The zero-order chi connectivity index (χ0) is 19.5. The van der Waals surface area contributed by atoms with Crippen LogP contribution in [-0.4, -0.2) is 28.0 Å². The predicted molar refractivity (Wildman–Crippen MR) is 115 cm³/mol. The van der Waals surface area contributed by atoms with Gasteiger partial charge in [0.05, 0.1) is 0 Å². The number of halogens is 2. The van der Waals surface area contributed by atoms with Crippen molar-refractivity contribution in [2.75, 3.05) is 18.4 Å². The number of nitrogens with zero attached hydrogens (tertiary/aromatic N) is 3. The number of rotatable bonds is 4. The fraction of sp³-hybridized carbons (Fsp3) is 0.286. The maximum absolute atomic E-state index is 6.23. The van der Waals surface area contributed by atoms with Crippen LogP contribution in [0.25, 0.3) is 11.4 Å². The minimum Gasteiger partial charge on any atom is -0.324 e. The number of benzene rings is 2. The van der Waals surface area contributed by atoms with Crippen LogP contribution in [-0.2, 0) is 0 Å². The SMILES string of the molecule is Cc1ccc(Cl)cc1-c1nc(Nc2ccc(Cl)cc2)nc(C2CCCNC2)n1. The van der Waals surface area contributed by atoms with Crippen LogP contribution >= 0.6 is 23.2 Å². The third-order valence-electron chi connectivity index (χ3n) is 4.86. The molecule has 7 heteroatoms. The van der Waals surface area contributed by atoms with E-state index in [4.69, 9.17) is 33.2 Å². The summed E-state index contributed by atoms with van der Waals surface area (Å²) in [4.78, 5) is 14.2. The van der Waals surface area contributed by atoms with E-state index in [9.17, 15) is 0 Å². The summed E-state index contributed by atoms with van der Waals surface area (Å²) >= 11 is 12.2. The van der Waals surface area contributed by atoms with E-state index >= 15 is 0 Å². The van der Waals surface area contributed by atoms with Gasteiger partial charge < -0.3 is 10.6 Å². The quantitative estimate of drug-likeness (QED) is 0.602. The summed E-state index contributed by atoms with van der Waals surface area (Å²) in [5.41, 5.74) is 2.86. The van der Waals surface area contributed by atoms with Gasteiger partial charge in [0.15, 0.2) is 5.82 Å². The van der Waals surface area contributed by atoms with E-state index in [0.717, 1.165) is 48.6 Å². The molecule has 144 valence electrons. The number of aryl methyl sites for hydroxylation is 1. The van der Waals surface area contributed by atoms with E-state index in [1.165, 1.54) is 0 Å². The van der Waals surface area contributed by atoms with E-state index in [0.29, 0.717) is 21.8 Å². The zero-order valence-corrected chi connectivity index (χ0v) is 17.1. The van der Waals surface area contributed by atoms with Crippen molar-refractivity contribution < 1.29 is 0 Å². The fourth-order valence-electron chi connectivity index (χ4n) is 3.32. The Kier molecular flexibility index (Phi) is 5.76. The van der Waals surface area contributed by atoms with Crippen LogP contribution in [0, 0.1) is 6.92 Å². The Balaban J connectivity index is 1.76. The minimum absolute atomic E-state index is 0.265. The third kappa shape index (κ3) is 4.43. The molecule has 0 aliphatic carbocycles. The van der Waals surface area contributed by atoms with Gasteiger partial charge >= 0.3 is 0 Å². The van der Waals surface area contributed by atoms with Gasteiger partial charge in [0.1, 0.15) is 5.82 Å². The predicted octanol–water partition coefficient (Wildman–Crippen LogP) is 5.36. The molecule has 0 spiro atoms. The van der Waals surface area contributed by atoms with E-state index in [-0.39, 0.29) is 5.92 Å². The highest BCUT2D eigenvalue weighted by molar-refractivity contribution is 6.31. The lowest BCUT2D eigenvalue weighted by atomic mass is 9.99. The van der Waals surface area contributed by atoms with Crippen LogP contribution in [0.4, 0.5) is 11.6 Å². The first-order valence-corrected chi connectivity index (χ1v) is 10.1. The van der Waals surface area contributed by atoms with Crippen molar-refractivity contribution in [3.05, 3.63) is 63.9 Å². The molecule has 4 rings (SSSR count). The second-order valence-corrected chi connectivity index (χ2v) is 7.85. The third-order valence-corrected chi connectivity index (χ3v) is 5.34. The molecule has 5 nitrogen and oxygen atoms in total. The second kappa shape index (κ2) is 8.43. The normalized spacial score (nSPS) is 16.8. The van der Waals surface area contributed by atoms with Gasteiger partial charge in [-0.2, -0.15) is 9.97 Å². The molecule has 0 saturated carbocycles. The van der Waals surface area contributed by atoms with Crippen LogP contribution in [0.3, 0.4) is 0 Å². The smallest absolute Gasteiger partial charge is 0.231 e. The number of piperidine rings is 1. The number of hydrogen-bond acceptors (Lipinski definition) is 5. The minimum atomic E-state index is 0.265. The molecule has 2 N–H and O–H groups in total. The molecular formula is C21H21Cl2N5. The van der Waals surface area contributed by atoms with Crippen molar-refractivity contribution in [1.82, 2.24) is 20.3 Å². The van der Waals surface area contributed by atoms with Crippen molar-refractivity contribution in [3.63, 3.8) is 0 Å². The lowest BCUT2D eigenvalue weighted by Gasteiger charge is -2.22. The Morgan fingerprint density at radius 2 is 1.79 bits per heavy atom. The van der Waals surface area contributed by atoms with Crippen molar-refractivity contribution in [2.24, 2.45) is 0 Å².